The van der Waals surface area contributed by atoms with Gasteiger partial charge in [-0.3, -0.25) is 4.79 Å². The normalized spacial score (nSPS) is 10.3. The van der Waals surface area contributed by atoms with Gasteiger partial charge in [0.15, 0.2) is 0 Å². The number of carbonyl (C=O) groups excluding carboxylic acids is 1. The third kappa shape index (κ3) is 3.39. The summed E-state index contributed by atoms with van der Waals surface area (Å²) in [5, 5.41) is 11.7. The van der Waals surface area contributed by atoms with Gasteiger partial charge in [-0.15, -0.1) is 0 Å². The fraction of sp³-hybridized carbons (Fsp3) is 0.0714. The standard InChI is InChI=1S/C14H11BrFNO2/c15-12-5-4-10(7-13(12)16)14(19)17-11-3-1-2-9(6-11)8-18/h1-7,18H,8H2,(H,17,19). The van der Waals surface area contributed by atoms with Gasteiger partial charge in [0.05, 0.1) is 11.1 Å². The zero-order valence-electron chi connectivity index (χ0n) is 9.86. The van der Waals surface area contributed by atoms with Gasteiger partial charge in [0.1, 0.15) is 5.82 Å². The van der Waals surface area contributed by atoms with Crippen LogP contribution in [-0.4, -0.2) is 11.0 Å². The third-order valence-electron chi connectivity index (χ3n) is 2.55. The van der Waals surface area contributed by atoms with Crippen LogP contribution in [0.4, 0.5) is 10.1 Å². The fourth-order valence-corrected chi connectivity index (χ4v) is 1.83. The van der Waals surface area contributed by atoms with Crippen LogP contribution < -0.4 is 5.32 Å². The number of aliphatic hydroxyl groups excluding tert-OH is 1. The molecule has 0 atom stereocenters. The maximum absolute atomic E-state index is 13.3. The summed E-state index contributed by atoms with van der Waals surface area (Å²) in [5.41, 5.74) is 1.48. The van der Waals surface area contributed by atoms with Crippen molar-refractivity contribution < 1.29 is 14.3 Å². The van der Waals surface area contributed by atoms with Gasteiger partial charge in [-0.1, -0.05) is 12.1 Å². The Morgan fingerprint density at radius 3 is 2.74 bits per heavy atom. The van der Waals surface area contributed by atoms with Gasteiger partial charge in [-0.25, -0.2) is 4.39 Å². The van der Waals surface area contributed by atoms with E-state index in [4.69, 9.17) is 5.11 Å². The number of nitrogens with one attached hydrogen (secondary N) is 1. The van der Waals surface area contributed by atoms with Gasteiger partial charge in [-0.2, -0.15) is 0 Å². The molecule has 2 rings (SSSR count). The molecule has 0 saturated heterocycles. The first kappa shape index (κ1) is 13.7. The lowest BCUT2D eigenvalue weighted by Crippen LogP contribution is -2.12. The van der Waals surface area contributed by atoms with Crippen molar-refractivity contribution >= 4 is 27.5 Å². The van der Waals surface area contributed by atoms with Crippen LogP contribution in [0.25, 0.3) is 0 Å². The van der Waals surface area contributed by atoms with E-state index >= 15 is 0 Å². The molecule has 0 radical (unpaired) electrons. The van der Waals surface area contributed by atoms with Crippen LogP contribution in [-0.2, 0) is 6.61 Å². The number of benzene rings is 2. The van der Waals surface area contributed by atoms with Crippen LogP contribution in [0.3, 0.4) is 0 Å². The van der Waals surface area contributed by atoms with Gasteiger partial charge in [0, 0.05) is 11.3 Å². The molecule has 0 bridgehead atoms. The highest BCUT2D eigenvalue weighted by molar-refractivity contribution is 9.10. The Labute approximate surface area is 118 Å². The van der Waals surface area contributed by atoms with Gasteiger partial charge in [0.25, 0.3) is 5.91 Å². The molecule has 0 saturated carbocycles. The lowest BCUT2D eigenvalue weighted by Gasteiger charge is -2.07. The second-order valence-corrected chi connectivity index (χ2v) is 4.80. The van der Waals surface area contributed by atoms with Gasteiger partial charge >= 0.3 is 0 Å². The highest BCUT2D eigenvalue weighted by Crippen LogP contribution is 2.18. The van der Waals surface area contributed by atoms with Gasteiger partial charge in [-0.05, 0) is 51.8 Å². The third-order valence-corrected chi connectivity index (χ3v) is 3.19. The number of aliphatic hydroxyl groups is 1. The average molecular weight is 324 g/mol. The van der Waals surface area contributed by atoms with Crippen LogP contribution >= 0.6 is 15.9 Å². The lowest BCUT2D eigenvalue weighted by atomic mass is 10.2. The van der Waals surface area contributed by atoms with E-state index in [2.05, 4.69) is 21.2 Å². The first-order valence-corrected chi connectivity index (χ1v) is 6.35. The Morgan fingerprint density at radius 2 is 2.05 bits per heavy atom. The molecule has 0 aliphatic heterocycles. The molecule has 0 fully saturated rings. The van der Waals surface area contributed by atoms with E-state index in [9.17, 15) is 9.18 Å². The minimum absolute atomic E-state index is 0.101. The quantitative estimate of drug-likeness (QED) is 0.910. The topological polar surface area (TPSA) is 49.3 Å². The van der Waals surface area contributed by atoms with E-state index in [1.54, 1.807) is 24.3 Å². The minimum Gasteiger partial charge on any atom is -0.392 e. The second kappa shape index (κ2) is 5.95. The van der Waals surface area contributed by atoms with Crippen molar-refractivity contribution in [1.29, 1.82) is 0 Å². The van der Waals surface area contributed by atoms with Crippen LogP contribution in [0, 0.1) is 5.82 Å². The molecular weight excluding hydrogens is 313 g/mol. The molecule has 19 heavy (non-hydrogen) atoms. The maximum Gasteiger partial charge on any atom is 0.255 e. The number of hydrogen-bond donors (Lipinski definition) is 2. The molecule has 0 unspecified atom stereocenters. The molecule has 0 aliphatic rings. The highest BCUT2D eigenvalue weighted by Gasteiger charge is 2.09. The predicted molar refractivity (Wildman–Crippen MR) is 74.4 cm³/mol. The molecule has 0 heterocycles. The number of anilines is 1. The molecule has 2 N–H and O–H groups in total. The highest BCUT2D eigenvalue weighted by atomic mass is 79.9. The summed E-state index contributed by atoms with van der Waals surface area (Å²) in [6.45, 7) is -0.101. The Morgan fingerprint density at radius 1 is 1.26 bits per heavy atom. The maximum atomic E-state index is 13.3. The van der Waals surface area contributed by atoms with Crippen molar-refractivity contribution in [3.05, 3.63) is 63.9 Å². The van der Waals surface area contributed by atoms with E-state index in [1.165, 1.54) is 12.1 Å². The van der Waals surface area contributed by atoms with Crippen LogP contribution in [0.5, 0.6) is 0 Å². The van der Waals surface area contributed by atoms with Crippen molar-refractivity contribution in [2.24, 2.45) is 0 Å². The monoisotopic (exact) mass is 323 g/mol. The minimum atomic E-state index is -0.489. The zero-order valence-corrected chi connectivity index (χ0v) is 11.4. The van der Waals surface area contributed by atoms with Crippen LogP contribution in [0.2, 0.25) is 0 Å². The molecule has 0 aliphatic carbocycles. The molecule has 0 spiro atoms. The van der Waals surface area contributed by atoms with Gasteiger partial charge < -0.3 is 10.4 Å². The number of rotatable bonds is 3. The molecular formula is C14H11BrFNO2. The SMILES string of the molecule is O=C(Nc1cccc(CO)c1)c1ccc(Br)c(F)c1. The van der Waals surface area contributed by atoms with Crippen molar-refractivity contribution in [3.8, 4) is 0 Å². The van der Waals surface area contributed by atoms with E-state index in [-0.39, 0.29) is 12.2 Å². The molecule has 1 amide bonds. The summed E-state index contributed by atoms with van der Waals surface area (Å²) in [4.78, 5) is 11.9. The van der Waals surface area contributed by atoms with Crippen molar-refractivity contribution in [2.75, 3.05) is 5.32 Å². The van der Waals surface area contributed by atoms with Gasteiger partial charge in [0.2, 0.25) is 0 Å². The molecule has 2 aromatic carbocycles. The zero-order chi connectivity index (χ0) is 13.8. The van der Waals surface area contributed by atoms with E-state index in [1.807, 2.05) is 0 Å². The summed E-state index contributed by atoms with van der Waals surface area (Å²) in [5.74, 6) is -0.891. The predicted octanol–water partition coefficient (Wildman–Crippen LogP) is 3.33. The smallest absolute Gasteiger partial charge is 0.255 e. The Hall–Kier alpha value is -1.72. The molecule has 2 aromatic rings. The Kier molecular flexibility index (Phi) is 4.29. The summed E-state index contributed by atoms with van der Waals surface area (Å²) in [6, 6.07) is 11.0. The summed E-state index contributed by atoms with van der Waals surface area (Å²) >= 11 is 3.03. The van der Waals surface area contributed by atoms with Crippen molar-refractivity contribution in [3.63, 3.8) is 0 Å². The van der Waals surface area contributed by atoms with Crippen molar-refractivity contribution in [1.82, 2.24) is 0 Å². The fourth-order valence-electron chi connectivity index (χ4n) is 1.59. The molecule has 0 aromatic heterocycles. The van der Waals surface area contributed by atoms with Crippen LogP contribution in [0.15, 0.2) is 46.9 Å². The second-order valence-electron chi connectivity index (χ2n) is 3.94. The molecule has 5 heteroatoms. The Balaban J connectivity index is 2.18. The Bertz CT molecular complexity index is 616. The average Bonchev–Trinajstić information content (AvgIpc) is 2.42. The number of hydrogen-bond acceptors (Lipinski definition) is 2. The largest absolute Gasteiger partial charge is 0.392 e. The number of halogens is 2. The summed E-state index contributed by atoms with van der Waals surface area (Å²) < 4.78 is 13.6. The summed E-state index contributed by atoms with van der Waals surface area (Å²) in [7, 11) is 0. The number of carbonyl (C=O) groups is 1. The first-order chi connectivity index (χ1) is 9.10. The van der Waals surface area contributed by atoms with Crippen molar-refractivity contribution in [2.45, 2.75) is 6.61 Å². The van der Waals surface area contributed by atoms with Crippen LogP contribution in [0.1, 0.15) is 15.9 Å². The first-order valence-electron chi connectivity index (χ1n) is 5.56. The summed E-state index contributed by atoms with van der Waals surface area (Å²) in [6.07, 6.45) is 0. The van der Waals surface area contributed by atoms with E-state index < -0.39 is 11.7 Å². The molecule has 98 valence electrons. The molecule has 3 nitrogen and oxygen atoms in total. The van der Waals surface area contributed by atoms with E-state index in [0.29, 0.717) is 15.7 Å². The number of amides is 1. The lowest BCUT2D eigenvalue weighted by molar-refractivity contribution is 0.102. The van der Waals surface area contributed by atoms with E-state index in [0.717, 1.165) is 6.07 Å².